The van der Waals surface area contributed by atoms with Crippen LogP contribution in [0.15, 0.2) is 36.4 Å². The molecule has 2 aromatic carbocycles. The Kier molecular flexibility index (Phi) is 5.07. The molecule has 0 N–H and O–H groups in total. The van der Waals surface area contributed by atoms with Crippen LogP contribution in [0.4, 0.5) is 0 Å². The summed E-state index contributed by atoms with van der Waals surface area (Å²) in [4.78, 5) is 0. The predicted molar refractivity (Wildman–Crippen MR) is 85.9 cm³/mol. The SMILES string of the molecule is COc1cc(CBr)ccc1OCc1cc(C)ccc1C. The number of rotatable bonds is 5. The maximum absolute atomic E-state index is 5.91. The third-order valence-electron chi connectivity index (χ3n) is 3.27. The number of ether oxygens (including phenoxy) is 2. The number of methoxy groups -OCH3 is 1. The molecule has 106 valence electrons. The van der Waals surface area contributed by atoms with Crippen LogP contribution in [0.1, 0.15) is 22.3 Å². The highest BCUT2D eigenvalue weighted by atomic mass is 79.9. The highest BCUT2D eigenvalue weighted by Crippen LogP contribution is 2.29. The summed E-state index contributed by atoms with van der Waals surface area (Å²) in [5, 5.41) is 0.806. The predicted octanol–water partition coefficient (Wildman–Crippen LogP) is 4.79. The quantitative estimate of drug-likeness (QED) is 0.732. The van der Waals surface area contributed by atoms with E-state index in [1.165, 1.54) is 22.3 Å². The van der Waals surface area contributed by atoms with E-state index in [4.69, 9.17) is 9.47 Å². The van der Waals surface area contributed by atoms with Crippen LogP contribution in [0.3, 0.4) is 0 Å². The highest BCUT2D eigenvalue weighted by Gasteiger charge is 2.07. The van der Waals surface area contributed by atoms with Crippen molar-refractivity contribution < 1.29 is 9.47 Å². The Morgan fingerprint density at radius 3 is 2.50 bits per heavy atom. The van der Waals surface area contributed by atoms with Crippen LogP contribution >= 0.6 is 15.9 Å². The van der Waals surface area contributed by atoms with Crippen molar-refractivity contribution in [2.45, 2.75) is 25.8 Å². The Morgan fingerprint density at radius 1 is 1.00 bits per heavy atom. The molecule has 0 saturated carbocycles. The molecule has 3 heteroatoms. The number of alkyl halides is 1. The van der Waals surface area contributed by atoms with Crippen molar-refractivity contribution in [1.29, 1.82) is 0 Å². The van der Waals surface area contributed by atoms with Crippen molar-refractivity contribution in [2.24, 2.45) is 0 Å². The average molecular weight is 335 g/mol. The molecule has 0 aliphatic heterocycles. The molecular formula is C17H19BrO2. The molecule has 0 heterocycles. The molecule has 0 unspecified atom stereocenters. The van der Waals surface area contributed by atoms with Gasteiger partial charge >= 0.3 is 0 Å². The molecule has 0 bridgehead atoms. The maximum atomic E-state index is 5.91. The lowest BCUT2D eigenvalue weighted by Crippen LogP contribution is -2.00. The molecule has 0 saturated heterocycles. The lowest BCUT2D eigenvalue weighted by Gasteiger charge is -2.13. The standard InChI is InChI=1S/C17H19BrO2/c1-12-4-5-13(2)15(8-12)11-20-16-7-6-14(10-18)9-17(16)19-3/h4-9H,10-11H2,1-3H3. The number of hydrogen-bond acceptors (Lipinski definition) is 2. The second-order valence-electron chi connectivity index (χ2n) is 4.84. The van der Waals surface area contributed by atoms with Crippen LogP contribution in [-0.2, 0) is 11.9 Å². The lowest BCUT2D eigenvalue weighted by molar-refractivity contribution is 0.283. The average Bonchev–Trinajstić information content (AvgIpc) is 2.48. The molecule has 0 aromatic heterocycles. The second kappa shape index (κ2) is 6.80. The summed E-state index contributed by atoms with van der Waals surface area (Å²) < 4.78 is 11.3. The molecule has 2 nitrogen and oxygen atoms in total. The van der Waals surface area contributed by atoms with Gasteiger partial charge in [0.15, 0.2) is 11.5 Å². The monoisotopic (exact) mass is 334 g/mol. The molecule has 0 spiro atoms. The van der Waals surface area contributed by atoms with Gasteiger partial charge in [-0.2, -0.15) is 0 Å². The van der Waals surface area contributed by atoms with Crippen molar-refractivity contribution >= 4 is 15.9 Å². The molecule has 20 heavy (non-hydrogen) atoms. The van der Waals surface area contributed by atoms with E-state index in [1.54, 1.807) is 7.11 Å². The summed E-state index contributed by atoms with van der Waals surface area (Å²) in [6.07, 6.45) is 0. The summed E-state index contributed by atoms with van der Waals surface area (Å²) in [7, 11) is 1.66. The van der Waals surface area contributed by atoms with Crippen LogP contribution in [0.2, 0.25) is 0 Å². The van der Waals surface area contributed by atoms with E-state index >= 15 is 0 Å². The molecule has 0 amide bonds. The summed E-state index contributed by atoms with van der Waals surface area (Å²) in [6.45, 7) is 4.75. The van der Waals surface area contributed by atoms with E-state index in [0.29, 0.717) is 6.61 Å². The fraction of sp³-hybridized carbons (Fsp3) is 0.294. The third-order valence-corrected chi connectivity index (χ3v) is 3.92. The molecule has 2 rings (SSSR count). The Hall–Kier alpha value is -1.48. The van der Waals surface area contributed by atoms with E-state index in [-0.39, 0.29) is 0 Å². The Labute approximate surface area is 128 Å². The summed E-state index contributed by atoms with van der Waals surface area (Å²) in [5.74, 6) is 1.55. The van der Waals surface area contributed by atoms with Gasteiger partial charge in [-0.1, -0.05) is 45.8 Å². The number of halogens is 1. The molecule has 2 aromatic rings. The van der Waals surface area contributed by atoms with Crippen LogP contribution in [0.25, 0.3) is 0 Å². The van der Waals surface area contributed by atoms with E-state index in [0.717, 1.165) is 16.8 Å². The van der Waals surface area contributed by atoms with Gasteiger partial charge < -0.3 is 9.47 Å². The molecule has 0 fully saturated rings. The highest BCUT2D eigenvalue weighted by molar-refractivity contribution is 9.08. The van der Waals surface area contributed by atoms with Crippen molar-refractivity contribution in [3.05, 3.63) is 58.7 Å². The molecule has 0 radical (unpaired) electrons. The van der Waals surface area contributed by atoms with Crippen LogP contribution in [0, 0.1) is 13.8 Å². The first-order valence-electron chi connectivity index (χ1n) is 6.56. The smallest absolute Gasteiger partial charge is 0.161 e. The van der Waals surface area contributed by atoms with Crippen LogP contribution in [0.5, 0.6) is 11.5 Å². The van der Waals surface area contributed by atoms with Gasteiger partial charge in [-0.25, -0.2) is 0 Å². The van der Waals surface area contributed by atoms with E-state index in [9.17, 15) is 0 Å². The summed E-state index contributed by atoms with van der Waals surface area (Å²) >= 11 is 3.44. The van der Waals surface area contributed by atoms with Gasteiger partial charge in [0.05, 0.1) is 7.11 Å². The van der Waals surface area contributed by atoms with Crippen molar-refractivity contribution in [2.75, 3.05) is 7.11 Å². The minimum absolute atomic E-state index is 0.553. The van der Waals surface area contributed by atoms with Gasteiger partial charge in [0.1, 0.15) is 6.61 Å². The fourth-order valence-electron chi connectivity index (χ4n) is 2.03. The Morgan fingerprint density at radius 2 is 1.80 bits per heavy atom. The van der Waals surface area contributed by atoms with Gasteiger partial charge in [-0.3, -0.25) is 0 Å². The third kappa shape index (κ3) is 3.54. The largest absolute Gasteiger partial charge is 0.493 e. The normalized spacial score (nSPS) is 10.4. The number of benzene rings is 2. The second-order valence-corrected chi connectivity index (χ2v) is 5.40. The molecule has 0 aliphatic rings. The van der Waals surface area contributed by atoms with Gasteiger partial charge in [-0.05, 0) is 42.7 Å². The zero-order valence-corrected chi connectivity index (χ0v) is 13.7. The molecular weight excluding hydrogens is 316 g/mol. The summed E-state index contributed by atoms with van der Waals surface area (Å²) in [6, 6.07) is 12.4. The fourth-order valence-corrected chi connectivity index (χ4v) is 2.37. The zero-order chi connectivity index (χ0) is 14.5. The van der Waals surface area contributed by atoms with Crippen molar-refractivity contribution in [3.63, 3.8) is 0 Å². The first kappa shape index (κ1) is 14.9. The first-order valence-corrected chi connectivity index (χ1v) is 7.68. The Bertz CT molecular complexity index is 594. The van der Waals surface area contributed by atoms with Crippen LogP contribution in [-0.4, -0.2) is 7.11 Å². The summed E-state index contributed by atoms with van der Waals surface area (Å²) in [5.41, 5.74) is 4.86. The van der Waals surface area contributed by atoms with Gasteiger partial charge in [-0.15, -0.1) is 0 Å². The van der Waals surface area contributed by atoms with Gasteiger partial charge in [0.2, 0.25) is 0 Å². The van der Waals surface area contributed by atoms with E-state index < -0.39 is 0 Å². The van der Waals surface area contributed by atoms with Crippen LogP contribution < -0.4 is 9.47 Å². The molecule has 0 aliphatic carbocycles. The van der Waals surface area contributed by atoms with Crippen molar-refractivity contribution in [3.8, 4) is 11.5 Å². The minimum atomic E-state index is 0.553. The zero-order valence-electron chi connectivity index (χ0n) is 12.1. The van der Waals surface area contributed by atoms with E-state index in [2.05, 4.69) is 48.0 Å². The topological polar surface area (TPSA) is 18.5 Å². The lowest BCUT2D eigenvalue weighted by atomic mass is 10.1. The van der Waals surface area contributed by atoms with Gasteiger partial charge in [0, 0.05) is 5.33 Å². The van der Waals surface area contributed by atoms with E-state index in [1.807, 2.05) is 18.2 Å². The first-order chi connectivity index (χ1) is 9.63. The maximum Gasteiger partial charge on any atom is 0.161 e. The van der Waals surface area contributed by atoms with Gasteiger partial charge in [0.25, 0.3) is 0 Å². The number of hydrogen-bond donors (Lipinski definition) is 0. The molecule has 0 atom stereocenters. The Balaban J connectivity index is 2.16. The number of aryl methyl sites for hydroxylation is 2. The van der Waals surface area contributed by atoms with Crippen molar-refractivity contribution in [1.82, 2.24) is 0 Å². The minimum Gasteiger partial charge on any atom is -0.493 e.